The number of hydrogen-bond acceptors (Lipinski definition) is 5. The van der Waals surface area contributed by atoms with Crippen molar-refractivity contribution in [3.05, 3.63) is 60.7 Å². The van der Waals surface area contributed by atoms with Crippen LogP contribution in [0.1, 0.15) is 0 Å². The third-order valence-corrected chi connectivity index (χ3v) is 1.72. The van der Waals surface area contributed by atoms with Gasteiger partial charge in [0, 0.05) is 0 Å². The molecule has 0 bridgehead atoms. The van der Waals surface area contributed by atoms with Gasteiger partial charge >= 0.3 is 7.82 Å². The Labute approximate surface area is 123 Å². The van der Waals surface area contributed by atoms with Gasteiger partial charge in [-0.2, -0.15) is 0 Å². The van der Waals surface area contributed by atoms with Gasteiger partial charge in [-0.05, 0) is 24.3 Å². The summed E-state index contributed by atoms with van der Waals surface area (Å²) in [6.45, 7) is 0. The maximum atomic E-state index is 8.88. The van der Waals surface area contributed by atoms with Crippen LogP contribution in [0.5, 0.6) is 11.5 Å². The van der Waals surface area contributed by atoms with E-state index in [1.165, 1.54) is 0 Å². The van der Waals surface area contributed by atoms with Crippen LogP contribution in [0.4, 0.5) is 0 Å². The maximum absolute atomic E-state index is 8.88. The minimum absolute atomic E-state index is 0. The Morgan fingerprint density at radius 3 is 1.14 bits per heavy atom. The summed E-state index contributed by atoms with van der Waals surface area (Å²) in [4.78, 5) is 21.6. The molecule has 120 valence electrons. The standard InChI is InChI=1S/C12H10O.3H3N.H3O4P/c1-3-7-11(8-4-1)13-12-9-5-2-6-10-12;;;;1-5(2,3)4/h1-10H;3*1H3;(H3,1,2,3,4). The molecule has 0 unspecified atom stereocenters. The van der Waals surface area contributed by atoms with E-state index in [4.69, 9.17) is 24.0 Å². The zero-order valence-electron chi connectivity index (χ0n) is 11.5. The molecule has 0 aromatic heterocycles. The lowest BCUT2D eigenvalue weighted by atomic mass is 10.3. The number of benzene rings is 2. The zero-order valence-corrected chi connectivity index (χ0v) is 12.4. The van der Waals surface area contributed by atoms with Crippen LogP contribution in [-0.2, 0) is 4.57 Å². The second kappa shape index (κ2) is 12.0. The van der Waals surface area contributed by atoms with Crippen molar-refractivity contribution < 1.29 is 24.0 Å². The second-order valence-electron chi connectivity index (χ2n) is 3.24. The third kappa shape index (κ3) is 14.4. The first-order valence-electron chi connectivity index (χ1n) is 5.01. The average Bonchev–Trinajstić information content (AvgIpc) is 2.29. The van der Waals surface area contributed by atoms with E-state index < -0.39 is 7.82 Å². The van der Waals surface area contributed by atoms with Crippen molar-refractivity contribution in [2.75, 3.05) is 0 Å². The number of para-hydroxylation sites is 2. The highest BCUT2D eigenvalue weighted by Crippen LogP contribution is 2.25. The van der Waals surface area contributed by atoms with Crippen LogP contribution in [0.25, 0.3) is 0 Å². The van der Waals surface area contributed by atoms with Crippen molar-refractivity contribution in [1.29, 1.82) is 0 Å². The first kappa shape index (κ1) is 24.3. The molecule has 0 amide bonds. The predicted molar refractivity (Wildman–Crippen MR) is 82.3 cm³/mol. The lowest BCUT2D eigenvalue weighted by Crippen LogP contribution is -1.81. The Bertz CT molecular complexity index is 461. The summed E-state index contributed by atoms with van der Waals surface area (Å²) in [5.41, 5.74) is 0. The molecule has 0 saturated carbocycles. The monoisotopic (exact) mass is 319 g/mol. The molecule has 9 heteroatoms. The van der Waals surface area contributed by atoms with E-state index in [9.17, 15) is 0 Å². The Morgan fingerprint density at radius 1 is 0.667 bits per heavy atom. The molecule has 12 N–H and O–H groups in total. The van der Waals surface area contributed by atoms with E-state index in [0.717, 1.165) is 11.5 Å². The summed E-state index contributed by atoms with van der Waals surface area (Å²) in [6.07, 6.45) is 0. The normalized spacial score (nSPS) is 8.71. The zero-order chi connectivity index (χ0) is 13.4. The molecule has 8 nitrogen and oxygen atoms in total. The summed E-state index contributed by atoms with van der Waals surface area (Å²) in [6, 6.07) is 19.5. The highest BCUT2D eigenvalue weighted by molar-refractivity contribution is 7.45. The smallest absolute Gasteiger partial charge is 0.457 e. The summed E-state index contributed by atoms with van der Waals surface area (Å²) in [5.74, 6) is 1.74. The molecule has 21 heavy (non-hydrogen) atoms. The molecule has 2 aromatic carbocycles. The number of ether oxygens (including phenoxy) is 1. The van der Waals surface area contributed by atoms with E-state index in [0.29, 0.717) is 0 Å². The van der Waals surface area contributed by atoms with Crippen LogP contribution < -0.4 is 23.2 Å². The molecule has 0 radical (unpaired) electrons. The Morgan fingerprint density at radius 2 is 0.905 bits per heavy atom. The van der Waals surface area contributed by atoms with E-state index in [1.54, 1.807) is 0 Å². The summed E-state index contributed by atoms with van der Waals surface area (Å²) < 4.78 is 14.5. The van der Waals surface area contributed by atoms with E-state index in [-0.39, 0.29) is 18.5 Å². The number of hydrogen-bond donors (Lipinski definition) is 6. The first-order valence-corrected chi connectivity index (χ1v) is 6.58. The van der Waals surface area contributed by atoms with Crippen molar-refractivity contribution in [2.24, 2.45) is 0 Å². The molecular weight excluding hydrogens is 297 g/mol. The van der Waals surface area contributed by atoms with Crippen molar-refractivity contribution in [2.45, 2.75) is 0 Å². The Balaban J connectivity index is -0.000000360. The van der Waals surface area contributed by atoms with Gasteiger partial charge in [0.1, 0.15) is 11.5 Å². The van der Waals surface area contributed by atoms with Crippen LogP contribution in [0.2, 0.25) is 0 Å². The highest BCUT2D eigenvalue weighted by Gasteiger charge is 2.00. The second-order valence-corrected chi connectivity index (χ2v) is 4.27. The minimum Gasteiger partial charge on any atom is -0.457 e. The average molecular weight is 319 g/mol. The third-order valence-electron chi connectivity index (χ3n) is 1.72. The predicted octanol–water partition coefficient (Wildman–Crippen LogP) is 3.04. The van der Waals surface area contributed by atoms with E-state index >= 15 is 0 Å². The van der Waals surface area contributed by atoms with Crippen LogP contribution in [0, 0.1) is 0 Å². The lowest BCUT2D eigenvalue weighted by Gasteiger charge is -2.03. The fourth-order valence-electron chi connectivity index (χ4n) is 1.11. The van der Waals surface area contributed by atoms with Crippen LogP contribution in [0.15, 0.2) is 60.7 Å². The van der Waals surface area contributed by atoms with Gasteiger partial charge < -0.3 is 37.9 Å². The van der Waals surface area contributed by atoms with Gasteiger partial charge in [0.2, 0.25) is 0 Å². The van der Waals surface area contributed by atoms with Crippen molar-refractivity contribution in [3.63, 3.8) is 0 Å². The minimum atomic E-state index is -4.64. The Hall–Kier alpha value is -1.77. The van der Waals surface area contributed by atoms with Crippen molar-refractivity contribution in [1.82, 2.24) is 18.5 Å². The van der Waals surface area contributed by atoms with Crippen LogP contribution >= 0.6 is 7.82 Å². The lowest BCUT2D eigenvalue weighted by molar-refractivity contribution is 0.275. The number of rotatable bonds is 2. The molecular formula is C12H22N3O5P. The molecule has 0 aliphatic rings. The first-order chi connectivity index (χ1) is 8.45. The van der Waals surface area contributed by atoms with E-state index in [2.05, 4.69) is 0 Å². The molecule has 0 heterocycles. The van der Waals surface area contributed by atoms with Crippen molar-refractivity contribution >= 4 is 7.82 Å². The fraction of sp³-hybridized carbons (Fsp3) is 0. The molecule has 0 spiro atoms. The molecule has 0 aliphatic carbocycles. The molecule has 0 fully saturated rings. The van der Waals surface area contributed by atoms with Crippen LogP contribution in [-0.4, -0.2) is 14.7 Å². The van der Waals surface area contributed by atoms with Gasteiger partial charge in [0.15, 0.2) is 0 Å². The van der Waals surface area contributed by atoms with Gasteiger partial charge in [-0.1, -0.05) is 36.4 Å². The van der Waals surface area contributed by atoms with E-state index in [1.807, 2.05) is 60.7 Å². The molecule has 0 atom stereocenters. The van der Waals surface area contributed by atoms with Gasteiger partial charge in [0.05, 0.1) is 0 Å². The quantitative estimate of drug-likeness (QED) is 0.454. The molecule has 2 rings (SSSR count). The molecule has 2 aromatic rings. The largest absolute Gasteiger partial charge is 0.466 e. The maximum Gasteiger partial charge on any atom is 0.466 e. The summed E-state index contributed by atoms with van der Waals surface area (Å²) >= 11 is 0. The molecule has 0 saturated heterocycles. The highest BCUT2D eigenvalue weighted by atomic mass is 31.2. The topological polar surface area (TPSA) is 192 Å². The van der Waals surface area contributed by atoms with Gasteiger partial charge in [-0.25, -0.2) is 4.57 Å². The Kier molecular flexibility index (Phi) is 13.9. The van der Waals surface area contributed by atoms with Gasteiger partial charge in [-0.15, -0.1) is 0 Å². The molecule has 0 aliphatic heterocycles. The SMILES string of the molecule is N.N.N.O=P(O)(O)O.c1ccc(Oc2ccccc2)cc1. The van der Waals surface area contributed by atoms with Gasteiger partial charge in [-0.3, -0.25) is 0 Å². The summed E-state index contributed by atoms with van der Waals surface area (Å²) in [7, 11) is -4.64. The summed E-state index contributed by atoms with van der Waals surface area (Å²) in [5, 5.41) is 0. The fourth-order valence-corrected chi connectivity index (χ4v) is 1.11. The number of phosphoric acid groups is 1. The van der Waals surface area contributed by atoms with Crippen molar-refractivity contribution in [3.8, 4) is 11.5 Å². The van der Waals surface area contributed by atoms with Crippen LogP contribution in [0.3, 0.4) is 0 Å². The van der Waals surface area contributed by atoms with Gasteiger partial charge in [0.25, 0.3) is 0 Å².